The van der Waals surface area contributed by atoms with Crippen LogP contribution < -0.4 is 10.3 Å². The Morgan fingerprint density at radius 1 is 1.21 bits per heavy atom. The highest BCUT2D eigenvalue weighted by Crippen LogP contribution is 2.40. The van der Waals surface area contributed by atoms with E-state index < -0.39 is 0 Å². The maximum Gasteiger partial charge on any atom is 0.267 e. The predicted molar refractivity (Wildman–Crippen MR) is 135 cm³/mol. The van der Waals surface area contributed by atoms with E-state index in [0.29, 0.717) is 22.6 Å². The second-order valence-electron chi connectivity index (χ2n) is 9.27. The monoisotopic (exact) mass is 484 g/mol. The van der Waals surface area contributed by atoms with Gasteiger partial charge in [-0.1, -0.05) is 18.2 Å². The minimum atomic E-state index is -0.131. The minimum Gasteiger partial charge on any atom is -0.490 e. The zero-order chi connectivity index (χ0) is 23.8. The molecule has 182 valence electrons. The smallest absolute Gasteiger partial charge is 0.267 e. The van der Waals surface area contributed by atoms with Gasteiger partial charge in [-0.25, -0.2) is 0 Å². The lowest BCUT2D eigenvalue weighted by Gasteiger charge is -2.26. The lowest BCUT2D eigenvalue weighted by atomic mass is 10.1. The molecule has 0 spiro atoms. The van der Waals surface area contributed by atoms with Crippen molar-refractivity contribution in [1.82, 2.24) is 19.3 Å². The van der Waals surface area contributed by atoms with Gasteiger partial charge >= 0.3 is 0 Å². The third kappa shape index (κ3) is 4.22. The van der Waals surface area contributed by atoms with Gasteiger partial charge in [-0.2, -0.15) is 0 Å². The average Bonchev–Trinajstić information content (AvgIpc) is 3.46. The van der Waals surface area contributed by atoms with Crippen molar-refractivity contribution in [3.63, 3.8) is 0 Å². The number of likely N-dealkylation sites (tertiary alicyclic amines) is 1. The maximum absolute atomic E-state index is 13.7. The molecule has 2 aliphatic rings. The summed E-state index contributed by atoms with van der Waals surface area (Å²) in [6.07, 6.45) is 0.946. The Hall–Kier alpha value is -2.46. The first kappa shape index (κ1) is 23.3. The van der Waals surface area contributed by atoms with Gasteiger partial charge in [0.2, 0.25) is 0 Å². The minimum absolute atomic E-state index is 0.0750. The Morgan fingerprint density at radius 3 is 2.71 bits per heavy atom. The molecule has 5 rings (SSSR count). The van der Waals surface area contributed by atoms with Crippen molar-refractivity contribution in [3.8, 4) is 5.75 Å². The molecule has 34 heavy (non-hydrogen) atoms. The Morgan fingerprint density at radius 2 is 1.97 bits per heavy atom. The van der Waals surface area contributed by atoms with Crippen LogP contribution in [0, 0.1) is 0 Å². The Balaban J connectivity index is 1.56. The van der Waals surface area contributed by atoms with Gasteiger partial charge in [0.25, 0.3) is 11.5 Å². The number of aromatic nitrogens is 1. The first-order chi connectivity index (χ1) is 16.5. The lowest BCUT2D eigenvalue weighted by molar-refractivity contribution is 0.0323. The highest BCUT2D eigenvalue weighted by Gasteiger charge is 2.32. The number of nitrogens with zero attached hydrogens (tertiary/aromatic N) is 4. The molecule has 0 aliphatic carbocycles. The zero-order valence-corrected chi connectivity index (χ0v) is 20.9. The molecule has 4 heterocycles. The van der Waals surface area contributed by atoms with Crippen LogP contribution in [0.25, 0.3) is 21.0 Å². The van der Waals surface area contributed by atoms with Gasteiger partial charge < -0.3 is 23.8 Å². The van der Waals surface area contributed by atoms with Crippen LogP contribution in [0.3, 0.4) is 0 Å². The van der Waals surface area contributed by atoms with Gasteiger partial charge in [0.15, 0.2) is 5.75 Å². The summed E-state index contributed by atoms with van der Waals surface area (Å²) in [6.45, 7) is 6.14. The summed E-state index contributed by atoms with van der Waals surface area (Å²) in [6, 6.07) is 8.00. The van der Waals surface area contributed by atoms with Gasteiger partial charge in [0.1, 0.15) is 16.9 Å². The third-order valence-corrected chi connectivity index (χ3v) is 8.27. The molecule has 0 radical (unpaired) electrons. The Labute approximate surface area is 203 Å². The number of para-hydroxylation sites is 1. The summed E-state index contributed by atoms with van der Waals surface area (Å²) in [5, 5.41) is 1.47. The van der Waals surface area contributed by atoms with Crippen LogP contribution in [0.15, 0.2) is 29.1 Å². The summed E-state index contributed by atoms with van der Waals surface area (Å²) in [5.74, 6) is 0.358. The number of pyridine rings is 1. The standard InChI is InChI=1S/C25H32N4O4S/c1-26-9-8-17(16-26)27(2)25(31)23-21(33-15-12-29-10-13-32-14-11-29)20-22(34-23)18-6-4-5-7-19(18)28(3)24(20)30/h4-7,17H,8-16H2,1-3H3. The van der Waals surface area contributed by atoms with Crippen molar-refractivity contribution in [2.75, 3.05) is 66.6 Å². The maximum atomic E-state index is 13.7. The van der Waals surface area contributed by atoms with E-state index in [1.165, 1.54) is 11.3 Å². The molecule has 1 aromatic carbocycles. The number of ether oxygens (including phenoxy) is 2. The van der Waals surface area contributed by atoms with Crippen LogP contribution in [0.4, 0.5) is 0 Å². The molecular formula is C25H32N4O4S. The summed E-state index contributed by atoms with van der Waals surface area (Å²) in [4.78, 5) is 34.1. The van der Waals surface area contributed by atoms with Crippen molar-refractivity contribution in [2.45, 2.75) is 12.5 Å². The van der Waals surface area contributed by atoms with E-state index in [-0.39, 0.29) is 17.5 Å². The van der Waals surface area contributed by atoms with E-state index in [1.54, 1.807) is 11.6 Å². The molecule has 0 N–H and O–H groups in total. The number of thiophene rings is 1. The molecule has 9 heteroatoms. The predicted octanol–water partition coefficient (Wildman–Crippen LogP) is 2.24. The molecule has 1 atom stereocenters. The highest BCUT2D eigenvalue weighted by molar-refractivity contribution is 7.22. The number of benzene rings is 1. The second kappa shape index (κ2) is 9.65. The first-order valence-electron chi connectivity index (χ1n) is 11.9. The van der Waals surface area contributed by atoms with Gasteiger partial charge in [-0.05, 0) is 26.1 Å². The fraction of sp³-hybridized carbons (Fsp3) is 0.520. The second-order valence-corrected chi connectivity index (χ2v) is 10.3. The van der Waals surface area contributed by atoms with Crippen LogP contribution in [0.2, 0.25) is 0 Å². The molecule has 8 nitrogen and oxygen atoms in total. The molecule has 2 saturated heterocycles. The topological polar surface area (TPSA) is 67.2 Å². The van der Waals surface area contributed by atoms with E-state index in [4.69, 9.17) is 9.47 Å². The number of likely N-dealkylation sites (N-methyl/N-ethyl adjacent to an activating group) is 2. The average molecular weight is 485 g/mol. The van der Waals surface area contributed by atoms with Gasteiger partial charge in [-0.15, -0.1) is 11.3 Å². The molecule has 0 saturated carbocycles. The van der Waals surface area contributed by atoms with Gasteiger partial charge in [-0.3, -0.25) is 14.5 Å². The van der Waals surface area contributed by atoms with E-state index >= 15 is 0 Å². The number of hydrogen-bond acceptors (Lipinski definition) is 7. The summed E-state index contributed by atoms with van der Waals surface area (Å²) >= 11 is 1.38. The van der Waals surface area contributed by atoms with Crippen LogP contribution in [0.1, 0.15) is 16.1 Å². The van der Waals surface area contributed by atoms with Crippen LogP contribution >= 0.6 is 11.3 Å². The van der Waals surface area contributed by atoms with E-state index in [1.807, 2.05) is 36.2 Å². The third-order valence-electron chi connectivity index (χ3n) is 7.08. The van der Waals surface area contributed by atoms with Crippen molar-refractivity contribution < 1.29 is 14.3 Å². The highest BCUT2D eigenvalue weighted by atomic mass is 32.1. The molecule has 0 bridgehead atoms. The van der Waals surface area contributed by atoms with Crippen molar-refractivity contribution in [1.29, 1.82) is 0 Å². The van der Waals surface area contributed by atoms with E-state index in [0.717, 1.165) is 68.0 Å². The normalized spacial score (nSPS) is 19.8. The molecule has 2 aromatic heterocycles. The lowest BCUT2D eigenvalue weighted by Crippen LogP contribution is -2.39. The Bertz CT molecular complexity index is 1260. The number of morpholine rings is 1. The summed E-state index contributed by atoms with van der Waals surface area (Å²) in [5.41, 5.74) is 0.722. The van der Waals surface area contributed by atoms with Crippen LogP contribution in [-0.4, -0.2) is 97.9 Å². The quantitative estimate of drug-likeness (QED) is 0.535. The van der Waals surface area contributed by atoms with E-state index in [2.05, 4.69) is 16.8 Å². The number of carbonyl (C=O) groups is 1. The first-order valence-corrected chi connectivity index (χ1v) is 12.7. The van der Waals surface area contributed by atoms with Crippen LogP contribution in [-0.2, 0) is 11.8 Å². The van der Waals surface area contributed by atoms with Crippen LogP contribution in [0.5, 0.6) is 5.75 Å². The summed E-state index contributed by atoms with van der Waals surface area (Å²) in [7, 11) is 5.72. The number of rotatable bonds is 6. The molecule has 1 amide bonds. The fourth-order valence-electron chi connectivity index (χ4n) is 4.97. The van der Waals surface area contributed by atoms with Crippen molar-refractivity contribution in [3.05, 3.63) is 39.5 Å². The number of carbonyl (C=O) groups excluding carboxylic acids is 1. The van der Waals surface area contributed by atoms with Crippen molar-refractivity contribution >= 4 is 38.2 Å². The molecule has 1 unspecified atom stereocenters. The molecule has 2 aliphatic heterocycles. The molecular weight excluding hydrogens is 452 g/mol. The molecule has 3 aromatic rings. The number of amides is 1. The number of aryl methyl sites for hydroxylation is 1. The summed E-state index contributed by atoms with van der Waals surface area (Å²) < 4.78 is 14.2. The fourth-order valence-corrected chi connectivity index (χ4v) is 6.22. The molecule has 2 fully saturated rings. The number of fused-ring (bicyclic) bond motifs is 3. The SMILES string of the molecule is CN1CCC(N(C)C(=O)c2sc3c(c2OCCN2CCOCC2)c(=O)n(C)c2ccccc32)C1. The zero-order valence-electron chi connectivity index (χ0n) is 20.1. The van der Waals surface area contributed by atoms with Crippen molar-refractivity contribution in [2.24, 2.45) is 7.05 Å². The largest absolute Gasteiger partial charge is 0.490 e. The van der Waals surface area contributed by atoms with E-state index in [9.17, 15) is 9.59 Å². The van der Waals surface area contributed by atoms with Gasteiger partial charge in [0.05, 0.1) is 23.4 Å². The van der Waals surface area contributed by atoms with Gasteiger partial charge in [0, 0.05) is 51.7 Å². The Kier molecular flexibility index (Phi) is 6.61. The number of hydrogen-bond donors (Lipinski definition) is 0.